The Morgan fingerprint density at radius 3 is 2.67 bits per heavy atom. The third-order valence-electron chi connectivity index (χ3n) is 1.50. The van der Waals surface area contributed by atoms with Crippen molar-refractivity contribution < 1.29 is 0 Å². The molecule has 0 saturated heterocycles. The zero-order valence-corrected chi connectivity index (χ0v) is 7.65. The molecule has 0 spiro atoms. The van der Waals surface area contributed by atoms with E-state index in [1.54, 1.807) is 12.4 Å². The van der Waals surface area contributed by atoms with Crippen molar-refractivity contribution in [1.29, 1.82) is 0 Å². The van der Waals surface area contributed by atoms with Gasteiger partial charge in [0.2, 0.25) is 0 Å². The SMILES string of the molecule is CC.Cc1cncc2nccn12. The molecule has 0 aliphatic rings. The van der Waals surface area contributed by atoms with E-state index in [1.165, 1.54) is 0 Å². The lowest BCUT2D eigenvalue weighted by Gasteiger charge is -1.94. The van der Waals surface area contributed by atoms with Crippen molar-refractivity contribution in [3.8, 4) is 0 Å². The number of nitrogens with zero attached hydrogens (tertiary/aromatic N) is 3. The van der Waals surface area contributed by atoms with Crippen LogP contribution in [0.5, 0.6) is 0 Å². The minimum atomic E-state index is 0.903. The lowest BCUT2D eigenvalue weighted by molar-refractivity contribution is 1.05. The largest absolute Gasteiger partial charge is 0.302 e. The zero-order valence-electron chi connectivity index (χ0n) is 7.65. The van der Waals surface area contributed by atoms with Crippen molar-refractivity contribution in [2.45, 2.75) is 20.8 Å². The molecule has 64 valence electrons. The quantitative estimate of drug-likeness (QED) is 0.595. The summed E-state index contributed by atoms with van der Waals surface area (Å²) in [5, 5.41) is 0. The van der Waals surface area contributed by atoms with Crippen molar-refractivity contribution in [2.75, 3.05) is 0 Å². The van der Waals surface area contributed by atoms with E-state index < -0.39 is 0 Å². The number of imidazole rings is 1. The Kier molecular flexibility index (Phi) is 2.80. The van der Waals surface area contributed by atoms with Gasteiger partial charge in [0, 0.05) is 24.3 Å². The Balaban J connectivity index is 0.000000336. The van der Waals surface area contributed by atoms with Gasteiger partial charge in [0.05, 0.1) is 6.20 Å². The average Bonchev–Trinajstić information content (AvgIpc) is 2.57. The molecule has 0 aromatic carbocycles. The van der Waals surface area contributed by atoms with Crippen LogP contribution in [0, 0.1) is 6.92 Å². The first-order chi connectivity index (χ1) is 5.88. The van der Waals surface area contributed by atoms with Crippen LogP contribution in [0.2, 0.25) is 0 Å². The third-order valence-corrected chi connectivity index (χ3v) is 1.50. The molecule has 2 aromatic heterocycles. The molecule has 0 amide bonds. The van der Waals surface area contributed by atoms with Crippen LogP contribution < -0.4 is 0 Å². The summed E-state index contributed by atoms with van der Waals surface area (Å²) in [7, 11) is 0. The summed E-state index contributed by atoms with van der Waals surface area (Å²) in [6.45, 7) is 6.00. The average molecular weight is 163 g/mol. The minimum Gasteiger partial charge on any atom is -0.302 e. The summed E-state index contributed by atoms with van der Waals surface area (Å²) in [5.41, 5.74) is 2.01. The lowest BCUT2D eigenvalue weighted by Crippen LogP contribution is -1.89. The van der Waals surface area contributed by atoms with Gasteiger partial charge in [0.15, 0.2) is 5.65 Å². The fourth-order valence-electron chi connectivity index (χ4n) is 0.983. The molecule has 0 bridgehead atoms. The monoisotopic (exact) mass is 163 g/mol. The molecule has 2 heterocycles. The van der Waals surface area contributed by atoms with Crippen molar-refractivity contribution in [3.63, 3.8) is 0 Å². The van der Waals surface area contributed by atoms with Crippen molar-refractivity contribution >= 4 is 5.65 Å². The Bertz CT molecular complexity index is 351. The summed E-state index contributed by atoms with van der Waals surface area (Å²) in [4.78, 5) is 8.08. The molecule has 12 heavy (non-hydrogen) atoms. The number of fused-ring (bicyclic) bond motifs is 1. The molecular weight excluding hydrogens is 150 g/mol. The van der Waals surface area contributed by atoms with Gasteiger partial charge in [-0.2, -0.15) is 0 Å². The van der Waals surface area contributed by atoms with Crippen LogP contribution in [-0.4, -0.2) is 14.4 Å². The minimum absolute atomic E-state index is 0.903. The maximum absolute atomic E-state index is 4.08. The lowest BCUT2D eigenvalue weighted by atomic mass is 10.5. The number of aryl methyl sites for hydroxylation is 1. The van der Waals surface area contributed by atoms with E-state index in [4.69, 9.17) is 0 Å². The molecule has 0 aliphatic heterocycles. The van der Waals surface area contributed by atoms with Crippen LogP contribution in [-0.2, 0) is 0 Å². The summed E-state index contributed by atoms with van der Waals surface area (Å²) in [6, 6.07) is 0. The molecule has 0 unspecified atom stereocenters. The van der Waals surface area contributed by atoms with Gasteiger partial charge in [0.1, 0.15) is 0 Å². The van der Waals surface area contributed by atoms with Crippen LogP contribution in [0.3, 0.4) is 0 Å². The molecule has 0 atom stereocenters. The molecule has 0 aliphatic carbocycles. The van der Waals surface area contributed by atoms with Gasteiger partial charge in [-0.25, -0.2) is 4.98 Å². The smallest absolute Gasteiger partial charge is 0.155 e. The van der Waals surface area contributed by atoms with Gasteiger partial charge >= 0.3 is 0 Å². The standard InChI is InChI=1S/C7H7N3.C2H6/c1-6-4-8-5-7-9-2-3-10(6)7;1-2/h2-5H,1H3;1-2H3. The molecule has 3 nitrogen and oxygen atoms in total. The first-order valence-electron chi connectivity index (χ1n) is 4.11. The van der Waals surface area contributed by atoms with Crippen LogP contribution >= 0.6 is 0 Å². The van der Waals surface area contributed by atoms with Gasteiger partial charge in [-0.3, -0.25) is 4.98 Å². The maximum Gasteiger partial charge on any atom is 0.155 e. The highest BCUT2D eigenvalue weighted by atomic mass is 15.0. The summed E-state index contributed by atoms with van der Waals surface area (Å²) >= 11 is 0. The summed E-state index contributed by atoms with van der Waals surface area (Å²) in [6.07, 6.45) is 7.25. The Morgan fingerprint density at radius 1 is 1.25 bits per heavy atom. The Labute approximate surface area is 72.1 Å². The highest BCUT2D eigenvalue weighted by Gasteiger charge is 1.93. The first kappa shape index (κ1) is 8.71. The van der Waals surface area contributed by atoms with E-state index in [1.807, 2.05) is 37.6 Å². The van der Waals surface area contributed by atoms with Gasteiger partial charge in [-0.05, 0) is 6.92 Å². The van der Waals surface area contributed by atoms with Crippen molar-refractivity contribution in [1.82, 2.24) is 14.4 Å². The van der Waals surface area contributed by atoms with Crippen molar-refractivity contribution in [2.24, 2.45) is 0 Å². The van der Waals surface area contributed by atoms with Gasteiger partial charge in [0.25, 0.3) is 0 Å². The molecule has 3 heteroatoms. The second-order valence-electron chi connectivity index (χ2n) is 2.20. The Morgan fingerprint density at radius 2 is 2.00 bits per heavy atom. The van der Waals surface area contributed by atoms with Crippen LogP contribution in [0.4, 0.5) is 0 Å². The highest BCUT2D eigenvalue weighted by Crippen LogP contribution is 2.00. The van der Waals surface area contributed by atoms with Crippen LogP contribution in [0.1, 0.15) is 19.5 Å². The van der Waals surface area contributed by atoms with Crippen LogP contribution in [0.15, 0.2) is 24.8 Å². The highest BCUT2D eigenvalue weighted by molar-refractivity contribution is 5.35. The molecule has 2 aromatic rings. The van der Waals surface area contributed by atoms with Gasteiger partial charge in [-0.15, -0.1) is 0 Å². The van der Waals surface area contributed by atoms with E-state index in [9.17, 15) is 0 Å². The molecule has 0 N–H and O–H groups in total. The number of hydrogen-bond acceptors (Lipinski definition) is 2. The van der Waals surface area contributed by atoms with Crippen molar-refractivity contribution in [3.05, 3.63) is 30.5 Å². The Hall–Kier alpha value is -1.38. The molecule has 0 saturated carbocycles. The van der Waals surface area contributed by atoms with E-state index >= 15 is 0 Å². The topological polar surface area (TPSA) is 30.2 Å². The normalized spacial score (nSPS) is 9.25. The molecule has 0 fully saturated rings. The molecule has 2 rings (SSSR count). The van der Waals surface area contributed by atoms with E-state index in [0.717, 1.165) is 11.3 Å². The van der Waals surface area contributed by atoms with Crippen LogP contribution in [0.25, 0.3) is 5.65 Å². The molecular formula is C9H13N3. The van der Waals surface area contributed by atoms with E-state index in [0.29, 0.717) is 0 Å². The maximum atomic E-state index is 4.08. The molecule has 0 radical (unpaired) electrons. The number of rotatable bonds is 0. The number of aromatic nitrogens is 3. The summed E-state index contributed by atoms with van der Waals surface area (Å²) < 4.78 is 1.99. The van der Waals surface area contributed by atoms with E-state index in [-0.39, 0.29) is 0 Å². The fourth-order valence-corrected chi connectivity index (χ4v) is 0.983. The first-order valence-corrected chi connectivity index (χ1v) is 4.11. The summed E-state index contributed by atoms with van der Waals surface area (Å²) in [5.74, 6) is 0. The zero-order chi connectivity index (χ0) is 8.97. The third kappa shape index (κ3) is 1.44. The van der Waals surface area contributed by atoms with E-state index in [2.05, 4.69) is 9.97 Å². The van der Waals surface area contributed by atoms with Gasteiger partial charge in [-0.1, -0.05) is 13.8 Å². The second-order valence-corrected chi connectivity index (χ2v) is 2.20. The number of hydrogen-bond donors (Lipinski definition) is 0. The van der Waals surface area contributed by atoms with Gasteiger partial charge < -0.3 is 4.40 Å². The predicted molar refractivity (Wildman–Crippen MR) is 49.1 cm³/mol. The fraction of sp³-hybridized carbons (Fsp3) is 0.333. The second kappa shape index (κ2) is 3.85. The predicted octanol–water partition coefficient (Wildman–Crippen LogP) is 2.06.